The summed E-state index contributed by atoms with van der Waals surface area (Å²) >= 11 is 4.72. The Hall–Kier alpha value is -3.71. The van der Waals surface area contributed by atoms with E-state index in [1.165, 1.54) is 48.1 Å². The van der Waals surface area contributed by atoms with Crippen molar-refractivity contribution in [2.75, 3.05) is 11.6 Å². The number of para-hydroxylation sites is 1. The number of aromatic nitrogens is 1. The molecule has 0 N–H and O–H groups in total. The second-order valence-electron chi connectivity index (χ2n) is 10.2. The number of amides is 1. The number of thiazole rings is 1. The molecule has 0 saturated carbocycles. The van der Waals surface area contributed by atoms with Gasteiger partial charge in [-0.25, -0.2) is 13.4 Å². The van der Waals surface area contributed by atoms with Crippen LogP contribution >= 0.6 is 27.3 Å². The first-order valence-electron chi connectivity index (χ1n) is 13.8. The zero-order chi connectivity index (χ0) is 30.1. The number of sulfonamides is 1. The molecule has 12 heteroatoms. The van der Waals surface area contributed by atoms with Gasteiger partial charge < -0.3 is 4.42 Å². The molecule has 220 valence electrons. The first-order valence-corrected chi connectivity index (χ1v) is 16.9. The molecule has 3 aromatic carbocycles. The zero-order valence-corrected chi connectivity index (χ0v) is 26.4. The van der Waals surface area contributed by atoms with Crippen LogP contribution in [0, 0.1) is 0 Å². The highest BCUT2D eigenvalue weighted by atomic mass is 79.9. The lowest BCUT2D eigenvalue weighted by Gasteiger charge is -2.34. The minimum atomic E-state index is -3.71. The Labute approximate surface area is 260 Å². The highest BCUT2D eigenvalue weighted by Crippen LogP contribution is 2.32. The second-order valence-corrected chi connectivity index (χ2v) is 14.0. The third-order valence-corrected chi connectivity index (χ3v) is 10.9. The Morgan fingerprint density at radius 3 is 2.74 bits per heavy atom. The van der Waals surface area contributed by atoms with Gasteiger partial charge in [-0.1, -0.05) is 52.7 Å². The van der Waals surface area contributed by atoms with Crippen LogP contribution in [0.25, 0.3) is 21.2 Å². The zero-order valence-electron chi connectivity index (χ0n) is 23.1. The van der Waals surface area contributed by atoms with Crippen LogP contribution in [-0.2, 0) is 10.0 Å². The van der Waals surface area contributed by atoms with Gasteiger partial charge in [0.05, 0.1) is 32.3 Å². The molecule has 0 aliphatic carbocycles. The molecular weight excluding hydrogens is 652 g/mol. The molecule has 6 rings (SSSR count). The average Bonchev–Trinajstić information content (AvgIpc) is 3.45. The Morgan fingerprint density at radius 2 is 1.95 bits per heavy atom. The fraction of sp³-hybridized carbons (Fsp3) is 0.226. The number of hydrogen-bond donors (Lipinski definition) is 0. The molecule has 1 fully saturated rings. The Bertz CT molecular complexity index is 2020. The number of nitrogens with zero attached hydrogens (tertiary/aromatic N) is 4. The van der Waals surface area contributed by atoms with Crippen LogP contribution in [0.4, 0.5) is 5.13 Å². The van der Waals surface area contributed by atoms with E-state index in [1.54, 1.807) is 28.6 Å². The number of rotatable bonds is 7. The fourth-order valence-corrected chi connectivity index (χ4v) is 8.43. The number of hydrogen-bond acceptors (Lipinski definition) is 8. The number of benzene rings is 3. The summed E-state index contributed by atoms with van der Waals surface area (Å²) in [5.74, 6) is -0.534. The third kappa shape index (κ3) is 5.79. The van der Waals surface area contributed by atoms with Crippen molar-refractivity contribution in [1.29, 1.82) is 0 Å². The van der Waals surface area contributed by atoms with Crippen LogP contribution in [0.3, 0.4) is 0 Å². The lowest BCUT2D eigenvalue weighted by Crippen LogP contribution is -2.43. The molecule has 1 saturated heterocycles. The van der Waals surface area contributed by atoms with Gasteiger partial charge in [-0.2, -0.15) is 14.4 Å². The number of hydrazone groups is 1. The van der Waals surface area contributed by atoms with Gasteiger partial charge in [0, 0.05) is 22.6 Å². The number of carbonyl (C=O) groups excluding carboxylic acids is 1. The number of piperidine rings is 1. The minimum absolute atomic E-state index is 0.0308. The van der Waals surface area contributed by atoms with Crippen LogP contribution in [0.5, 0.6) is 0 Å². The lowest BCUT2D eigenvalue weighted by molar-refractivity contribution is 0.0987. The van der Waals surface area contributed by atoms with E-state index >= 15 is 0 Å². The molecule has 1 amide bonds. The molecular formula is C31H27BrN4O5S2. The standard InChI is InChI=1S/C31H27BrN4O5S2/c1-2-23-7-5-6-16-35(23)43(39,40)24-13-10-20(11-14-24)30(38)36(31-34-26-15-12-22(32)17-28(26)42-31)33-18-21-19-41-27-9-4-3-8-25(27)29(21)37/h3-4,8-15,17-19,23H,2,5-7,16H2,1H3/b33-18+. The normalized spacial score (nSPS) is 16.3. The summed E-state index contributed by atoms with van der Waals surface area (Å²) in [6, 6.07) is 18.3. The van der Waals surface area contributed by atoms with Crippen LogP contribution in [0.2, 0.25) is 0 Å². The summed E-state index contributed by atoms with van der Waals surface area (Å²) in [7, 11) is -3.71. The predicted molar refractivity (Wildman–Crippen MR) is 172 cm³/mol. The van der Waals surface area contributed by atoms with Gasteiger partial charge in [-0.05, 0) is 73.9 Å². The van der Waals surface area contributed by atoms with Crippen molar-refractivity contribution >= 4 is 75.7 Å². The molecule has 5 aromatic rings. The van der Waals surface area contributed by atoms with Crippen LogP contribution in [0.1, 0.15) is 48.5 Å². The summed E-state index contributed by atoms with van der Waals surface area (Å²) in [4.78, 5) is 31.7. The van der Waals surface area contributed by atoms with E-state index in [1.807, 2.05) is 25.1 Å². The summed E-state index contributed by atoms with van der Waals surface area (Å²) in [6.45, 7) is 2.48. The molecule has 3 heterocycles. The largest absolute Gasteiger partial charge is 0.463 e. The molecule has 0 spiro atoms. The molecule has 1 atom stereocenters. The van der Waals surface area contributed by atoms with Gasteiger partial charge in [0.25, 0.3) is 5.91 Å². The summed E-state index contributed by atoms with van der Waals surface area (Å²) in [6.07, 6.45) is 6.00. The molecule has 43 heavy (non-hydrogen) atoms. The average molecular weight is 680 g/mol. The van der Waals surface area contributed by atoms with Gasteiger partial charge >= 0.3 is 0 Å². The molecule has 9 nitrogen and oxygen atoms in total. The van der Waals surface area contributed by atoms with Crippen molar-refractivity contribution in [2.45, 2.75) is 43.5 Å². The quantitative estimate of drug-likeness (QED) is 0.138. The van der Waals surface area contributed by atoms with E-state index < -0.39 is 15.9 Å². The number of fused-ring (bicyclic) bond motifs is 2. The molecule has 0 radical (unpaired) electrons. The van der Waals surface area contributed by atoms with Gasteiger partial charge in [-0.15, -0.1) is 0 Å². The van der Waals surface area contributed by atoms with E-state index in [4.69, 9.17) is 4.42 Å². The number of halogens is 1. The summed E-state index contributed by atoms with van der Waals surface area (Å²) in [5.41, 5.74) is 1.21. The third-order valence-electron chi connectivity index (χ3n) is 7.48. The van der Waals surface area contributed by atoms with Gasteiger partial charge in [0.2, 0.25) is 20.6 Å². The molecule has 2 aromatic heterocycles. The monoisotopic (exact) mass is 678 g/mol. The van der Waals surface area contributed by atoms with E-state index in [2.05, 4.69) is 26.0 Å². The minimum Gasteiger partial charge on any atom is -0.463 e. The van der Waals surface area contributed by atoms with E-state index in [0.717, 1.165) is 39.9 Å². The highest BCUT2D eigenvalue weighted by molar-refractivity contribution is 9.10. The molecule has 1 aliphatic heterocycles. The first kappa shape index (κ1) is 29.4. The number of carbonyl (C=O) groups is 1. The molecule has 1 aliphatic rings. The topological polar surface area (TPSA) is 113 Å². The van der Waals surface area contributed by atoms with Gasteiger partial charge in [-0.3, -0.25) is 9.59 Å². The smallest absolute Gasteiger partial charge is 0.280 e. The molecule has 1 unspecified atom stereocenters. The highest BCUT2D eigenvalue weighted by Gasteiger charge is 2.32. The SMILES string of the molecule is CCC1CCCCN1S(=O)(=O)c1ccc(C(=O)N(/N=C/c2coc3ccccc3c2=O)c2nc3ccc(Br)cc3s2)cc1. The van der Waals surface area contributed by atoms with Crippen molar-refractivity contribution in [3.8, 4) is 0 Å². The van der Waals surface area contributed by atoms with Crippen LogP contribution in [0.15, 0.2) is 96.7 Å². The van der Waals surface area contributed by atoms with E-state index in [-0.39, 0.29) is 32.6 Å². The fourth-order valence-electron chi connectivity index (χ4n) is 5.19. The Balaban J connectivity index is 1.36. The number of anilines is 1. The first-order chi connectivity index (χ1) is 20.8. The van der Waals surface area contributed by atoms with Crippen LogP contribution in [-0.4, -0.2) is 42.4 Å². The van der Waals surface area contributed by atoms with Crippen molar-refractivity contribution in [3.63, 3.8) is 0 Å². The summed E-state index contributed by atoms with van der Waals surface area (Å²) < 4.78 is 35.8. The Kier molecular flexibility index (Phi) is 8.27. The van der Waals surface area contributed by atoms with Crippen molar-refractivity contribution in [2.24, 2.45) is 5.10 Å². The van der Waals surface area contributed by atoms with Crippen molar-refractivity contribution < 1.29 is 17.6 Å². The molecule has 0 bridgehead atoms. The van der Waals surface area contributed by atoms with Gasteiger partial charge in [0.1, 0.15) is 11.8 Å². The maximum absolute atomic E-state index is 13.9. The maximum atomic E-state index is 13.9. The van der Waals surface area contributed by atoms with Crippen molar-refractivity contribution in [3.05, 3.63) is 98.8 Å². The van der Waals surface area contributed by atoms with Crippen LogP contribution < -0.4 is 10.4 Å². The Morgan fingerprint density at radius 1 is 1.16 bits per heavy atom. The van der Waals surface area contributed by atoms with E-state index in [0.29, 0.717) is 23.0 Å². The van der Waals surface area contributed by atoms with Crippen molar-refractivity contribution in [1.82, 2.24) is 9.29 Å². The summed E-state index contributed by atoms with van der Waals surface area (Å²) in [5, 5.41) is 6.20. The second kappa shape index (κ2) is 12.1. The van der Waals surface area contributed by atoms with Gasteiger partial charge in [0.15, 0.2) is 0 Å². The van der Waals surface area contributed by atoms with E-state index in [9.17, 15) is 18.0 Å². The lowest BCUT2D eigenvalue weighted by atomic mass is 10.0. The predicted octanol–water partition coefficient (Wildman–Crippen LogP) is 6.80. The maximum Gasteiger partial charge on any atom is 0.280 e.